The highest BCUT2D eigenvalue weighted by atomic mass is 35.5. The van der Waals surface area contributed by atoms with E-state index in [1.165, 1.54) is 0 Å². The van der Waals surface area contributed by atoms with E-state index in [-0.39, 0.29) is 10.7 Å². The van der Waals surface area contributed by atoms with Crippen molar-refractivity contribution in [3.8, 4) is 16.9 Å². The van der Waals surface area contributed by atoms with Gasteiger partial charge in [0.1, 0.15) is 5.75 Å². The first-order valence-corrected chi connectivity index (χ1v) is 13.4. The number of methoxy groups -OCH3 is 1. The van der Waals surface area contributed by atoms with Crippen molar-refractivity contribution in [1.82, 2.24) is 14.7 Å². The van der Waals surface area contributed by atoms with Crippen LogP contribution in [0.5, 0.6) is 5.75 Å². The molecule has 0 saturated carbocycles. The molecule has 0 aliphatic rings. The lowest BCUT2D eigenvalue weighted by Gasteiger charge is -2.13. The number of sulfonamides is 1. The Hall–Kier alpha value is -3.81. The molecule has 0 aliphatic heterocycles. The standard InChI is InChI=1S/C24H25ClN4O3S.C2HF3O2/c1-28(2)13-14-29-12-11-24(26-29)27-33(30,31)19-8-10-20-17(15-19)5-4-6-21(20)22-9-7-18(25)16-23(22)32-3;3-2(4,5)1(6)7/h4-12,15-16H,13-14H2,1-3H3,(H,26,27);(H,6,7). The fourth-order valence-electron chi connectivity index (χ4n) is 3.59. The molecule has 14 heteroatoms. The van der Waals surface area contributed by atoms with Gasteiger partial charge >= 0.3 is 12.1 Å². The molecule has 1 heterocycles. The van der Waals surface area contributed by atoms with Gasteiger partial charge in [-0.15, -0.1) is 0 Å². The summed E-state index contributed by atoms with van der Waals surface area (Å²) in [6.45, 7) is 1.47. The molecule has 0 fully saturated rings. The quantitative estimate of drug-likeness (QED) is 0.281. The highest BCUT2D eigenvalue weighted by Crippen LogP contribution is 2.37. The first-order valence-electron chi connectivity index (χ1n) is 11.6. The van der Waals surface area contributed by atoms with Crippen LogP contribution in [0.4, 0.5) is 19.0 Å². The lowest BCUT2D eigenvalue weighted by molar-refractivity contribution is -0.192. The van der Waals surface area contributed by atoms with E-state index in [1.807, 2.05) is 49.3 Å². The Morgan fingerprint density at radius 2 is 1.80 bits per heavy atom. The third-order valence-corrected chi connectivity index (χ3v) is 7.10. The zero-order chi connectivity index (χ0) is 29.7. The van der Waals surface area contributed by atoms with E-state index >= 15 is 0 Å². The maximum absolute atomic E-state index is 13.0. The van der Waals surface area contributed by atoms with Gasteiger partial charge in [-0.25, -0.2) is 13.2 Å². The summed E-state index contributed by atoms with van der Waals surface area (Å²) in [6.07, 6.45) is -3.33. The van der Waals surface area contributed by atoms with Gasteiger partial charge in [-0.3, -0.25) is 9.40 Å². The fraction of sp³-hybridized carbons (Fsp3) is 0.231. The number of nitrogens with zero attached hydrogens (tertiary/aromatic N) is 3. The van der Waals surface area contributed by atoms with Gasteiger partial charge < -0.3 is 14.7 Å². The minimum Gasteiger partial charge on any atom is -0.496 e. The third-order valence-electron chi connectivity index (χ3n) is 5.51. The van der Waals surface area contributed by atoms with E-state index in [9.17, 15) is 21.6 Å². The molecule has 0 saturated heterocycles. The number of halogens is 4. The summed E-state index contributed by atoms with van der Waals surface area (Å²) in [7, 11) is 1.75. The van der Waals surface area contributed by atoms with Crippen molar-refractivity contribution in [3.05, 3.63) is 71.9 Å². The summed E-state index contributed by atoms with van der Waals surface area (Å²) >= 11 is 6.11. The Morgan fingerprint density at radius 3 is 2.42 bits per heavy atom. The van der Waals surface area contributed by atoms with Crippen LogP contribution in [0.15, 0.2) is 71.8 Å². The molecule has 4 aromatic rings. The minimum atomic E-state index is -5.08. The number of carboxylic acid groups (broad SMARTS) is 1. The minimum absolute atomic E-state index is 0.165. The van der Waals surface area contributed by atoms with Gasteiger partial charge in [0.15, 0.2) is 5.82 Å². The molecule has 0 amide bonds. The molecular formula is C26H26ClF3N4O5S. The number of anilines is 1. The van der Waals surface area contributed by atoms with Gasteiger partial charge in [0.05, 0.1) is 18.6 Å². The van der Waals surface area contributed by atoms with Gasteiger partial charge in [0.25, 0.3) is 10.0 Å². The van der Waals surface area contributed by atoms with Gasteiger partial charge in [-0.05, 0) is 60.8 Å². The van der Waals surface area contributed by atoms with Crippen molar-refractivity contribution in [2.45, 2.75) is 17.6 Å². The zero-order valence-electron chi connectivity index (χ0n) is 21.6. The van der Waals surface area contributed by atoms with Crippen molar-refractivity contribution in [1.29, 1.82) is 0 Å². The number of fused-ring (bicyclic) bond motifs is 1. The summed E-state index contributed by atoms with van der Waals surface area (Å²) in [4.78, 5) is 11.1. The summed E-state index contributed by atoms with van der Waals surface area (Å²) < 4.78 is 67.5. The van der Waals surface area contributed by atoms with Crippen molar-refractivity contribution in [3.63, 3.8) is 0 Å². The Kier molecular flexibility index (Phi) is 9.66. The largest absolute Gasteiger partial charge is 0.496 e. The summed E-state index contributed by atoms with van der Waals surface area (Å²) in [5.41, 5.74) is 1.81. The van der Waals surface area contributed by atoms with Crippen molar-refractivity contribution < 1.29 is 36.2 Å². The van der Waals surface area contributed by atoms with Crippen LogP contribution in [0.2, 0.25) is 5.02 Å². The highest BCUT2D eigenvalue weighted by molar-refractivity contribution is 7.92. The fourth-order valence-corrected chi connectivity index (χ4v) is 4.78. The normalized spacial score (nSPS) is 11.7. The van der Waals surface area contributed by atoms with Gasteiger partial charge in [0.2, 0.25) is 0 Å². The Bertz CT molecular complexity index is 1610. The predicted molar refractivity (Wildman–Crippen MR) is 146 cm³/mol. The van der Waals surface area contributed by atoms with Crippen LogP contribution in [0, 0.1) is 0 Å². The van der Waals surface area contributed by atoms with Crippen LogP contribution in [-0.2, 0) is 21.4 Å². The molecule has 0 bridgehead atoms. The molecule has 4 rings (SSSR count). The van der Waals surface area contributed by atoms with Gasteiger partial charge in [-0.1, -0.05) is 35.9 Å². The number of aliphatic carboxylic acids is 1. The average Bonchev–Trinajstić information content (AvgIpc) is 3.33. The van der Waals surface area contributed by atoms with Crippen LogP contribution in [0.1, 0.15) is 0 Å². The highest BCUT2D eigenvalue weighted by Gasteiger charge is 2.38. The number of likely N-dealkylation sites (N-methyl/N-ethyl adjacent to an activating group) is 1. The van der Waals surface area contributed by atoms with E-state index in [4.69, 9.17) is 26.2 Å². The molecule has 0 spiro atoms. The van der Waals surface area contributed by atoms with Crippen molar-refractivity contribution in [2.75, 3.05) is 32.5 Å². The van der Waals surface area contributed by atoms with Crippen molar-refractivity contribution >= 4 is 44.2 Å². The molecule has 0 atom stereocenters. The predicted octanol–water partition coefficient (Wildman–Crippen LogP) is 5.36. The smallest absolute Gasteiger partial charge is 0.490 e. The SMILES string of the molecule is COc1cc(Cl)ccc1-c1cccc2cc(S(=O)(=O)Nc3ccn(CCN(C)C)n3)ccc12.O=C(O)C(F)(F)F. The number of hydrogen-bond donors (Lipinski definition) is 2. The van der Waals surface area contributed by atoms with Crippen LogP contribution >= 0.6 is 11.6 Å². The lowest BCUT2D eigenvalue weighted by atomic mass is 9.97. The van der Waals surface area contributed by atoms with Gasteiger partial charge in [0, 0.05) is 29.4 Å². The molecule has 214 valence electrons. The number of alkyl halides is 3. The number of carbonyl (C=O) groups is 1. The van der Waals surface area contributed by atoms with Gasteiger partial charge in [-0.2, -0.15) is 18.3 Å². The monoisotopic (exact) mass is 598 g/mol. The molecule has 1 aromatic heterocycles. The summed E-state index contributed by atoms with van der Waals surface area (Å²) in [6, 6.07) is 17.9. The van der Waals surface area contributed by atoms with E-state index in [1.54, 1.807) is 48.3 Å². The van der Waals surface area contributed by atoms with E-state index < -0.39 is 22.2 Å². The summed E-state index contributed by atoms with van der Waals surface area (Å²) in [5.74, 6) is -1.82. The number of rotatable bonds is 8. The number of benzene rings is 3. The number of aromatic nitrogens is 2. The number of ether oxygens (including phenoxy) is 1. The molecular weight excluding hydrogens is 573 g/mol. The van der Waals surface area contributed by atoms with E-state index in [0.29, 0.717) is 17.3 Å². The maximum atomic E-state index is 13.0. The number of carboxylic acids is 1. The molecule has 0 radical (unpaired) electrons. The topological polar surface area (TPSA) is 114 Å². The molecule has 0 unspecified atom stereocenters. The molecule has 9 nitrogen and oxygen atoms in total. The third kappa shape index (κ3) is 7.87. The molecule has 3 aromatic carbocycles. The summed E-state index contributed by atoms with van der Waals surface area (Å²) in [5, 5.41) is 13.7. The van der Waals surface area contributed by atoms with Crippen LogP contribution < -0.4 is 9.46 Å². The van der Waals surface area contributed by atoms with E-state index in [2.05, 4.69) is 9.82 Å². The maximum Gasteiger partial charge on any atom is 0.490 e. The Balaban J connectivity index is 0.000000559. The lowest BCUT2D eigenvalue weighted by Crippen LogP contribution is -2.21. The molecule has 40 heavy (non-hydrogen) atoms. The second-order valence-electron chi connectivity index (χ2n) is 8.71. The zero-order valence-corrected chi connectivity index (χ0v) is 23.2. The molecule has 2 N–H and O–H groups in total. The number of hydrogen-bond acceptors (Lipinski definition) is 6. The number of nitrogens with one attached hydrogen (secondary N) is 1. The van der Waals surface area contributed by atoms with E-state index in [0.717, 1.165) is 28.4 Å². The van der Waals surface area contributed by atoms with Crippen LogP contribution in [0.25, 0.3) is 21.9 Å². The van der Waals surface area contributed by atoms with Crippen LogP contribution in [-0.4, -0.2) is 68.1 Å². The van der Waals surface area contributed by atoms with Crippen molar-refractivity contribution in [2.24, 2.45) is 0 Å². The van der Waals surface area contributed by atoms with Crippen LogP contribution in [0.3, 0.4) is 0 Å². The first-order chi connectivity index (χ1) is 18.7. The Labute approximate surface area is 233 Å². The average molecular weight is 599 g/mol. The second-order valence-corrected chi connectivity index (χ2v) is 10.8. The first kappa shape index (κ1) is 30.7. The Morgan fingerprint density at radius 1 is 1.10 bits per heavy atom. The molecule has 0 aliphatic carbocycles. The second kappa shape index (κ2) is 12.6.